The SMILES string of the molecule is CCNCCNc1nc(NC2CCN(Cc3c(OC)cccc3N(C)C)CC2)c2ccccc2n1. The second kappa shape index (κ2) is 12.0. The first kappa shape index (κ1) is 25.0. The largest absolute Gasteiger partial charge is 0.496 e. The normalized spacial score (nSPS) is 14.7. The number of ether oxygens (including phenoxy) is 1. The first-order valence-electron chi connectivity index (χ1n) is 12.6. The van der Waals surface area contributed by atoms with Gasteiger partial charge in [0, 0.05) is 69.5 Å². The highest BCUT2D eigenvalue weighted by Gasteiger charge is 2.23. The lowest BCUT2D eigenvalue weighted by Gasteiger charge is -2.34. The summed E-state index contributed by atoms with van der Waals surface area (Å²) in [4.78, 5) is 14.2. The van der Waals surface area contributed by atoms with Gasteiger partial charge in [-0.15, -0.1) is 0 Å². The topological polar surface area (TPSA) is 77.6 Å². The Bertz CT molecular complexity index is 1100. The number of methoxy groups -OCH3 is 1. The summed E-state index contributed by atoms with van der Waals surface area (Å²) in [5.41, 5.74) is 3.42. The van der Waals surface area contributed by atoms with E-state index in [0.717, 1.165) is 74.6 Å². The number of likely N-dealkylation sites (tertiary alicyclic amines) is 1. The summed E-state index contributed by atoms with van der Waals surface area (Å²) in [5.74, 6) is 2.55. The van der Waals surface area contributed by atoms with Crippen molar-refractivity contribution in [2.75, 3.05) is 69.5 Å². The standard InChI is InChI=1S/C27H39N7O/c1-5-28-15-16-29-27-31-23-10-7-6-9-21(23)26(32-27)30-20-13-17-34(18-14-20)19-22-24(33(2)3)11-8-12-25(22)35-4/h6-12,20,28H,5,13-19H2,1-4H3,(H2,29,30,31,32). The fraction of sp³-hybridized carbons (Fsp3) is 0.481. The predicted molar refractivity (Wildman–Crippen MR) is 146 cm³/mol. The Morgan fingerprint density at radius 3 is 2.57 bits per heavy atom. The summed E-state index contributed by atoms with van der Waals surface area (Å²) >= 11 is 0. The molecule has 0 aliphatic carbocycles. The Hall–Kier alpha value is -3.10. The average molecular weight is 478 g/mol. The van der Waals surface area contributed by atoms with Gasteiger partial charge in [-0.2, -0.15) is 4.98 Å². The molecule has 4 rings (SSSR count). The van der Waals surface area contributed by atoms with Crippen LogP contribution in [0.3, 0.4) is 0 Å². The lowest BCUT2D eigenvalue weighted by atomic mass is 10.0. The number of likely N-dealkylation sites (N-methyl/N-ethyl adjacent to an activating group) is 1. The van der Waals surface area contributed by atoms with Crippen molar-refractivity contribution >= 4 is 28.4 Å². The average Bonchev–Trinajstić information content (AvgIpc) is 2.88. The third-order valence-electron chi connectivity index (χ3n) is 6.56. The van der Waals surface area contributed by atoms with Crippen molar-refractivity contribution in [3.63, 3.8) is 0 Å². The van der Waals surface area contributed by atoms with Gasteiger partial charge in [0.2, 0.25) is 5.95 Å². The summed E-state index contributed by atoms with van der Waals surface area (Å²) in [6, 6.07) is 14.9. The fourth-order valence-corrected chi connectivity index (χ4v) is 4.68. The van der Waals surface area contributed by atoms with E-state index in [-0.39, 0.29) is 0 Å². The molecule has 3 aromatic rings. The Balaban J connectivity index is 1.41. The zero-order valence-corrected chi connectivity index (χ0v) is 21.5. The van der Waals surface area contributed by atoms with E-state index >= 15 is 0 Å². The zero-order chi connectivity index (χ0) is 24.6. The molecule has 0 unspecified atom stereocenters. The first-order valence-corrected chi connectivity index (χ1v) is 12.6. The number of fused-ring (bicyclic) bond motifs is 1. The zero-order valence-electron chi connectivity index (χ0n) is 21.5. The van der Waals surface area contributed by atoms with Gasteiger partial charge in [0.05, 0.1) is 12.6 Å². The Morgan fingerprint density at radius 1 is 1.03 bits per heavy atom. The van der Waals surface area contributed by atoms with Crippen LogP contribution in [0.2, 0.25) is 0 Å². The second-order valence-corrected chi connectivity index (χ2v) is 9.24. The highest BCUT2D eigenvalue weighted by Crippen LogP contribution is 2.31. The van der Waals surface area contributed by atoms with E-state index in [1.165, 1.54) is 11.3 Å². The van der Waals surface area contributed by atoms with E-state index in [4.69, 9.17) is 14.7 Å². The molecule has 1 aliphatic rings. The molecule has 3 N–H and O–H groups in total. The highest BCUT2D eigenvalue weighted by atomic mass is 16.5. The predicted octanol–water partition coefficient (Wildman–Crippen LogP) is 3.80. The number of hydrogen-bond donors (Lipinski definition) is 3. The molecule has 1 aliphatic heterocycles. The van der Waals surface area contributed by atoms with Crippen LogP contribution in [0, 0.1) is 0 Å². The van der Waals surface area contributed by atoms with E-state index in [1.54, 1.807) is 7.11 Å². The summed E-state index contributed by atoms with van der Waals surface area (Å²) < 4.78 is 5.68. The second-order valence-electron chi connectivity index (χ2n) is 9.24. The molecule has 1 fully saturated rings. The minimum absolute atomic E-state index is 0.380. The van der Waals surface area contributed by atoms with Crippen molar-refractivity contribution < 1.29 is 4.74 Å². The van der Waals surface area contributed by atoms with Gasteiger partial charge < -0.3 is 25.6 Å². The molecule has 0 bridgehead atoms. The molecule has 0 amide bonds. The molecule has 2 heterocycles. The third kappa shape index (κ3) is 6.32. The number of piperidine rings is 1. The molecular formula is C27H39N7O. The number of benzene rings is 2. The number of nitrogens with zero attached hydrogens (tertiary/aromatic N) is 4. The van der Waals surface area contributed by atoms with Crippen LogP contribution in [-0.4, -0.2) is 74.8 Å². The number of nitrogens with one attached hydrogen (secondary N) is 3. The van der Waals surface area contributed by atoms with Crippen molar-refractivity contribution in [2.45, 2.75) is 32.4 Å². The van der Waals surface area contributed by atoms with Crippen molar-refractivity contribution in [3.8, 4) is 5.75 Å². The molecule has 35 heavy (non-hydrogen) atoms. The van der Waals surface area contributed by atoms with E-state index < -0.39 is 0 Å². The highest BCUT2D eigenvalue weighted by molar-refractivity contribution is 5.90. The number of rotatable bonds is 11. The summed E-state index contributed by atoms with van der Waals surface area (Å²) in [6.45, 7) is 7.69. The van der Waals surface area contributed by atoms with Gasteiger partial charge in [0.1, 0.15) is 11.6 Å². The molecule has 0 radical (unpaired) electrons. The molecule has 0 spiro atoms. The molecule has 0 saturated carbocycles. The van der Waals surface area contributed by atoms with Gasteiger partial charge in [0.15, 0.2) is 0 Å². The van der Waals surface area contributed by atoms with Crippen molar-refractivity contribution in [1.82, 2.24) is 20.2 Å². The maximum atomic E-state index is 5.68. The maximum Gasteiger partial charge on any atom is 0.225 e. The van der Waals surface area contributed by atoms with Crippen LogP contribution in [0.1, 0.15) is 25.3 Å². The van der Waals surface area contributed by atoms with Crippen molar-refractivity contribution in [1.29, 1.82) is 0 Å². The van der Waals surface area contributed by atoms with E-state index in [2.05, 4.69) is 77.1 Å². The quantitative estimate of drug-likeness (QED) is 0.360. The molecule has 2 aromatic carbocycles. The van der Waals surface area contributed by atoms with Crippen LogP contribution >= 0.6 is 0 Å². The minimum Gasteiger partial charge on any atom is -0.496 e. The number of anilines is 3. The Morgan fingerprint density at radius 2 is 1.83 bits per heavy atom. The van der Waals surface area contributed by atoms with E-state index in [9.17, 15) is 0 Å². The van der Waals surface area contributed by atoms with E-state index in [1.807, 2.05) is 12.1 Å². The molecular weight excluding hydrogens is 438 g/mol. The van der Waals surface area contributed by atoms with Crippen LogP contribution in [-0.2, 0) is 6.54 Å². The van der Waals surface area contributed by atoms with Crippen LogP contribution in [0.4, 0.5) is 17.5 Å². The van der Waals surface area contributed by atoms with Crippen molar-refractivity contribution in [2.24, 2.45) is 0 Å². The Kier molecular flexibility index (Phi) is 8.60. The summed E-state index contributed by atoms with van der Waals surface area (Å²) in [6.07, 6.45) is 2.13. The third-order valence-corrected chi connectivity index (χ3v) is 6.56. The summed E-state index contributed by atoms with van der Waals surface area (Å²) in [5, 5.41) is 11.5. The number of para-hydroxylation sites is 1. The van der Waals surface area contributed by atoms with Gasteiger partial charge in [-0.3, -0.25) is 4.90 Å². The molecule has 1 aromatic heterocycles. The molecule has 8 heteroatoms. The van der Waals surface area contributed by atoms with Gasteiger partial charge in [-0.1, -0.05) is 25.1 Å². The molecule has 8 nitrogen and oxygen atoms in total. The number of aromatic nitrogens is 2. The summed E-state index contributed by atoms with van der Waals surface area (Å²) in [7, 11) is 5.93. The van der Waals surface area contributed by atoms with Crippen LogP contribution in [0.15, 0.2) is 42.5 Å². The van der Waals surface area contributed by atoms with Gasteiger partial charge in [-0.25, -0.2) is 4.98 Å². The van der Waals surface area contributed by atoms with Crippen LogP contribution < -0.4 is 25.6 Å². The molecule has 0 atom stereocenters. The van der Waals surface area contributed by atoms with Crippen LogP contribution in [0.25, 0.3) is 10.9 Å². The lowest BCUT2D eigenvalue weighted by Crippen LogP contribution is -2.39. The lowest BCUT2D eigenvalue weighted by molar-refractivity contribution is 0.209. The van der Waals surface area contributed by atoms with Gasteiger partial charge in [-0.05, 0) is 43.7 Å². The molecule has 1 saturated heterocycles. The molecule has 188 valence electrons. The van der Waals surface area contributed by atoms with Gasteiger partial charge in [0.25, 0.3) is 0 Å². The number of hydrogen-bond acceptors (Lipinski definition) is 8. The maximum absolute atomic E-state index is 5.68. The monoisotopic (exact) mass is 477 g/mol. The van der Waals surface area contributed by atoms with E-state index in [0.29, 0.717) is 12.0 Å². The van der Waals surface area contributed by atoms with Gasteiger partial charge >= 0.3 is 0 Å². The van der Waals surface area contributed by atoms with Crippen molar-refractivity contribution in [3.05, 3.63) is 48.0 Å². The Labute approximate surface area is 209 Å². The fourth-order valence-electron chi connectivity index (χ4n) is 4.68. The first-order chi connectivity index (χ1) is 17.1. The smallest absolute Gasteiger partial charge is 0.225 e. The minimum atomic E-state index is 0.380. The van der Waals surface area contributed by atoms with Crippen LogP contribution in [0.5, 0.6) is 5.75 Å².